The third-order valence-electron chi connectivity index (χ3n) is 6.07. The molecular formula is C23H24N6O5. The van der Waals surface area contributed by atoms with Gasteiger partial charge in [-0.2, -0.15) is 9.97 Å². The molecule has 3 aromatic rings. The van der Waals surface area contributed by atoms with E-state index in [1.54, 1.807) is 18.3 Å². The number of benzene rings is 1. The van der Waals surface area contributed by atoms with Gasteiger partial charge in [-0.3, -0.25) is 9.59 Å². The molecule has 176 valence electrons. The van der Waals surface area contributed by atoms with E-state index in [-0.39, 0.29) is 24.7 Å². The van der Waals surface area contributed by atoms with Crippen LogP contribution in [0.25, 0.3) is 11.0 Å². The number of carboxylic acids is 2. The predicted octanol–water partition coefficient (Wildman–Crippen LogP) is 1.51. The van der Waals surface area contributed by atoms with Crippen LogP contribution in [0.1, 0.15) is 52.2 Å². The number of aryl methyl sites for hydroxylation is 1. The maximum atomic E-state index is 12.5. The molecule has 0 fully saturated rings. The average Bonchev–Trinajstić information content (AvgIpc) is 2.80. The molecule has 1 aromatic carbocycles. The molecule has 1 aliphatic rings. The Labute approximate surface area is 194 Å². The van der Waals surface area contributed by atoms with Crippen molar-refractivity contribution >= 4 is 40.6 Å². The molecule has 2 aromatic heterocycles. The molecule has 0 bridgehead atoms. The first-order chi connectivity index (χ1) is 16.2. The van der Waals surface area contributed by atoms with Crippen molar-refractivity contribution in [2.24, 2.45) is 0 Å². The van der Waals surface area contributed by atoms with Gasteiger partial charge >= 0.3 is 11.9 Å². The van der Waals surface area contributed by atoms with Crippen molar-refractivity contribution in [1.29, 1.82) is 0 Å². The highest BCUT2D eigenvalue weighted by atomic mass is 16.4. The van der Waals surface area contributed by atoms with E-state index in [2.05, 4.69) is 20.3 Å². The Balaban J connectivity index is 1.48. The van der Waals surface area contributed by atoms with Crippen molar-refractivity contribution in [1.82, 2.24) is 20.3 Å². The van der Waals surface area contributed by atoms with Crippen molar-refractivity contribution in [3.63, 3.8) is 0 Å². The number of nitrogens with one attached hydrogen (secondary N) is 1. The topological polar surface area (TPSA) is 194 Å². The first-order valence-corrected chi connectivity index (χ1v) is 10.8. The molecule has 0 saturated carbocycles. The monoisotopic (exact) mass is 464 g/mol. The molecule has 7 N–H and O–H groups in total. The second kappa shape index (κ2) is 9.30. The SMILES string of the molecule is Nc1nc(N)c2c3c(cnc2n1)CC(c1ccc(C(=O)N[C@@H](CCC(=O)O)C(=O)O)cc1)CC3. The summed E-state index contributed by atoms with van der Waals surface area (Å²) in [4.78, 5) is 47.1. The van der Waals surface area contributed by atoms with Gasteiger partial charge in [-0.25, -0.2) is 9.78 Å². The molecule has 1 aliphatic carbocycles. The van der Waals surface area contributed by atoms with Gasteiger partial charge in [-0.15, -0.1) is 0 Å². The van der Waals surface area contributed by atoms with Crippen LogP contribution >= 0.6 is 0 Å². The molecule has 2 heterocycles. The van der Waals surface area contributed by atoms with Crippen LogP contribution < -0.4 is 16.8 Å². The minimum atomic E-state index is -1.28. The van der Waals surface area contributed by atoms with E-state index in [1.165, 1.54) is 0 Å². The number of carboxylic acid groups (broad SMARTS) is 2. The number of nitrogens with two attached hydrogens (primary N) is 2. The summed E-state index contributed by atoms with van der Waals surface area (Å²) >= 11 is 0. The average molecular weight is 464 g/mol. The van der Waals surface area contributed by atoms with Crippen LogP contribution in [0, 0.1) is 0 Å². The quantitative estimate of drug-likeness (QED) is 0.342. The zero-order chi connectivity index (χ0) is 24.4. The minimum absolute atomic E-state index is 0.0897. The summed E-state index contributed by atoms with van der Waals surface area (Å²) in [6.45, 7) is 0. The van der Waals surface area contributed by atoms with Crippen LogP contribution in [-0.2, 0) is 22.4 Å². The van der Waals surface area contributed by atoms with E-state index in [4.69, 9.17) is 16.6 Å². The number of carbonyl (C=O) groups is 3. The van der Waals surface area contributed by atoms with Crippen molar-refractivity contribution in [2.75, 3.05) is 11.5 Å². The van der Waals surface area contributed by atoms with Crippen molar-refractivity contribution < 1.29 is 24.6 Å². The highest BCUT2D eigenvalue weighted by Crippen LogP contribution is 2.36. The highest BCUT2D eigenvalue weighted by molar-refractivity contribution is 5.96. The highest BCUT2D eigenvalue weighted by Gasteiger charge is 2.25. The van der Waals surface area contributed by atoms with Crippen molar-refractivity contribution in [2.45, 2.75) is 44.1 Å². The van der Waals surface area contributed by atoms with Gasteiger partial charge < -0.3 is 27.0 Å². The number of aromatic nitrogens is 3. The molecule has 4 rings (SSSR count). The van der Waals surface area contributed by atoms with Gasteiger partial charge in [0.2, 0.25) is 5.95 Å². The lowest BCUT2D eigenvalue weighted by Gasteiger charge is -2.26. The van der Waals surface area contributed by atoms with E-state index in [1.807, 2.05) is 12.1 Å². The summed E-state index contributed by atoms with van der Waals surface area (Å²) in [6, 6.07) is 5.72. The van der Waals surface area contributed by atoms with Gasteiger partial charge in [0.05, 0.1) is 5.39 Å². The predicted molar refractivity (Wildman–Crippen MR) is 123 cm³/mol. The van der Waals surface area contributed by atoms with E-state index in [0.717, 1.165) is 41.3 Å². The summed E-state index contributed by atoms with van der Waals surface area (Å²) in [5.41, 5.74) is 15.7. The van der Waals surface area contributed by atoms with Gasteiger partial charge in [-0.05, 0) is 60.4 Å². The zero-order valence-corrected chi connectivity index (χ0v) is 18.2. The third-order valence-corrected chi connectivity index (χ3v) is 6.07. The Bertz CT molecular complexity index is 1280. The Hall–Kier alpha value is -4.28. The molecule has 2 atom stereocenters. The number of nitrogens with zero attached hydrogens (tertiary/aromatic N) is 3. The number of hydrogen-bond donors (Lipinski definition) is 5. The number of hydrogen-bond acceptors (Lipinski definition) is 8. The van der Waals surface area contributed by atoms with Crippen LogP contribution in [0.3, 0.4) is 0 Å². The largest absolute Gasteiger partial charge is 0.481 e. The number of rotatable bonds is 7. The molecule has 11 heteroatoms. The Morgan fingerprint density at radius 3 is 2.53 bits per heavy atom. The molecule has 0 aliphatic heterocycles. The van der Waals surface area contributed by atoms with Crippen LogP contribution in [-0.4, -0.2) is 49.1 Å². The maximum absolute atomic E-state index is 12.5. The van der Waals surface area contributed by atoms with Crippen LogP contribution in [0.15, 0.2) is 30.5 Å². The number of aliphatic carboxylic acids is 2. The molecule has 1 amide bonds. The lowest BCUT2D eigenvalue weighted by molar-refractivity contribution is -0.140. The Kier molecular flexibility index (Phi) is 6.26. The molecule has 11 nitrogen and oxygen atoms in total. The number of carbonyl (C=O) groups excluding carboxylic acids is 1. The number of anilines is 2. The molecule has 0 saturated heterocycles. The maximum Gasteiger partial charge on any atom is 0.326 e. The fraction of sp³-hybridized carbons (Fsp3) is 0.304. The number of fused-ring (bicyclic) bond motifs is 3. The van der Waals surface area contributed by atoms with Gasteiger partial charge in [0.25, 0.3) is 5.91 Å². The van der Waals surface area contributed by atoms with Crippen LogP contribution in [0.4, 0.5) is 11.8 Å². The van der Waals surface area contributed by atoms with E-state index < -0.39 is 23.9 Å². The molecule has 1 unspecified atom stereocenters. The summed E-state index contributed by atoms with van der Waals surface area (Å²) < 4.78 is 0. The normalized spacial score (nSPS) is 15.9. The Morgan fingerprint density at radius 2 is 1.85 bits per heavy atom. The van der Waals surface area contributed by atoms with E-state index in [9.17, 15) is 19.5 Å². The number of nitrogen functional groups attached to an aromatic ring is 2. The van der Waals surface area contributed by atoms with E-state index >= 15 is 0 Å². The fourth-order valence-corrected chi connectivity index (χ4v) is 4.35. The fourth-order valence-electron chi connectivity index (χ4n) is 4.35. The summed E-state index contributed by atoms with van der Waals surface area (Å²) in [5.74, 6) is -2.34. The smallest absolute Gasteiger partial charge is 0.326 e. The van der Waals surface area contributed by atoms with Crippen molar-refractivity contribution in [3.05, 3.63) is 52.7 Å². The molecular weight excluding hydrogens is 440 g/mol. The Morgan fingerprint density at radius 1 is 1.12 bits per heavy atom. The van der Waals surface area contributed by atoms with Gasteiger partial charge in [0.15, 0.2) is 5.65 Å². The van der Waals surface area contributed by atoms with Gasteiger partial charge in [-0.1, -0.05) is 12.1 Å². The standard InChI is InChI=1S/C23H24N6O5/c24-19-18-15-6-5-13(9-14(15)10-26-20(18)29-23(25)28-19)11-1-3-12(4-2-11)21(32)27-16(22(33)34)7-8-17(30)31/h1-4,10,13,16H,5-9H2,(H,27,32)(H,30,31)(H,33,34)(H4,24,25,26,28,29)/t13?,16-/m0/s1. The second-order valence-electron chi connectivity index (χ2n) is 8.29. The molecule has 0 radical (unpaired) electrons. The zero-order valence-electron chi connectivity index (χ0n) is 18.2. The van der Waals surface area contributed by atoms with Crippen molar-refractivity contribution in [3.8, 4) is 0 Å². The van der Waals surface area contributed by atoms with E-state index in [0.29, 0.717) is 17.0 Å². The van der Waals surface area contributed by atoms with Gasteiger partial charge in [0.1, 0.15) is 11.9 Å². The molecule has 0 spiro atoms. The van der Waals surface area contributed by atoms with Crippen LogP contribution in [0.2, 0.25) is 0 Å². The first-order valence-electron chi connectivity index (χ1n) is 10.8. The summed E-state index contributed by atoms with van der Waals surface area (Å²) in [6.07, 6.45) is 3.61. The lowest BCUT2D eigenvalue weighted by atomic mass is 9.80. The minimum Gasteiger partial charge on any atom is -0.481 e. The summed E-state index contributed by atoms with van der Waals surface area (Å²) in [7, 11) is 0. The molecule has 34 heavy (non-hydrogen) atoms. The third kappa shape index (κ3) is 4.72. The summed E-state index contributed by atoms with van der Waals surface area (Å²) in [5, 5.41) is 21.1. The lowest BCUT2D eigenvalue weighted by Crippen LogP contribution is -2.41. The number of pyridine rings is 1. The number of amides is 1. The van der Waals surface area contributed by atoms with Gasteiger partial charge in [0, 0.05) is 18.2 Å². The second-order valence-corrected chi connectivity index (χ2v) is 8.29. The first kappa shape index (κ1) is 22.9. The van der Waals surface area contributed by atoms with Crippen LogP contribution in [0.5, 0.6) is 0 Å².